The highest BCUT2D eigenvalue weighted by atomic mass is 31.2. The van der Waals surface area contributed by atoms with Crippen LogP contribution in [-0.2, 0) is 20.4 Å². The van der Waals surface area contributed by atoms with Crippen molar-refractivity contribution in [3.63, 3.8) is 0 Å². The van der Waals surface area contributed by atoms with E-state index in [-0.39, 0.29) is 12.5 Å². The highest BCUT2D eigenvalue weighted by Crippen LogP contribution is 2.48. The third kappa shape index (κ3) is 6.32. The summed E-state index contributed by atoms with van der Waals surface area (Å²) in [7, 11) is -1.50. The number of benzene rings is 1. The van der Waals surface area contributed by atoms with E-state index in [0.29, 0.717) is 6.42 Å². The van der Waals surface area contributed by atoms with Crippen LogP contribution in [0, 0.1) is 5.92 Å². The second-order valence-electron chi connectivity index (χ2n) is 5.44. The molecule has 0 aliphatic heterocycles. The summed E-state index contributed by atoms with van der Waals surface area (Å²) in [6.07, 6.45) is -0.00849. The van der Waals surface area contributed by atoms with Crippen LogP contribution in [0.4, 0.5) is 4.79 Å². The van der Waals surface area contributed by atoms with Gasteiger partial charge in [0.25, 0.3) is 0 Å². The van der Waals surface area contributed by atoms with Crippen molar-refractivity contribution in [1.82, 2.24) is 5.32 Å². The molecular formula is C15H24NO4P. The molecule has 1 N–H and O–H groups in total. The van der Waals surface area contributed by atoms with Gasteiger partial charge in [-0.15, -0.1) is 0 Å². The molecule has 1 aromatic rings. The van der Waals surface area contributed by atoms with Crippen molar-refractivity contribution in [2.75, 3.05) is 13.8 Å². The average molecular weight is 313 g/mol. The fourth-order valence-corrected chi connectivity index (χ4v) is 3.24. The maximum atomic E-state index is 12.3. The van der Waals surface area contributed by atoms with E-state index in [4.69, 9.17) is 9.26 Å². The molecule has 0 saturated carbocycles. The fourth-order valence-electron chi connectivity index (χ4n) is 1.84. The number of hydrogen-bond donors (Lipinski definition) is 1. The first kappa shape index (κ1) is 17.7. The van der Waals surface area contributed by atoms with Crippen molar-refractivity contribution in [1.29, 1.82) is 0 Å². The van der Waals surface area contributed by atoms with Crippen LogP contribution in [0.5, 0.6) is 0 Å². The van der Waals surface area contributed by atoms with Crippen LogP contribution < -0.4 is 5.32 Å². The van der Waals surface area contributed by atoms with Gasteiger partial charge in [-0.2, -0.15) is 0 Å². The van der Waals surface area contributed by atoms with Gasteiger partial charge in [0, 0.05) is 13.8 Å². The second kappa shape index (κ2) is 8.20. The van der Waals surface area contributed by atoms with Gasteiger partial charge in [-0.05, 0) is 17.9 Å². The number of nitrogens with one attached hydrogen (secondary N) is 1. The molecule has 0 aromatic heterocycles. The Morgan fingerprint density at radius 2 is 1.90 bits per heavy atom. The number of alkyl carbamates (subject to hydrolysis) is 1. The van der Waals surface area contributed by atoms with Crippen molar-refractivity contribution < 1.29 is 18.6 Å². The lowest BCUT2D eigenvalue weighted by molar-refractivity contribution is 0.137. The molecule has 0 spiro atoms. The molecule has 0 bridgehead atoms. The Balaban J connectivity index is 2.58. The zero-order chi connectivity index (χ0) is 15.9. The first-order chi connectivity index (χ1) is 9.85. The normalized spacial score (nSPS) is 15.3. The molecule has 0 saturated heterocycles. The van der Waals surface area contributed by atoms with Gasteiger partial charge in [0.05, 0.1) is 0 Å². The van der Waals surface area contributed by atoms with Crippen LogP contribution in [0.15, 0.2) is 30.3 Å². The van der Waals surface area contributed by atoms with E-state index in [9.17, 15) is 9.36 Å². The maximum Gasteiger partial charge on any atom is 0.408 e. The number of ether oxygens (including phenoxy) is 1. The molecule has 0 fully saturated rings. The Labute approximate surface area is 126 Å². The SMILES string of the molecule is COP(C)(=O)C(CC(C)C)NC(=O)OCc1ccccc1. The molecule has 1 aromatic carbocycles. The molecule has 0 heterocycles. The second-order valence-corrected chi connectivity index (χ2v) is 8.25. The molecule has 1 rings (SSSR count). The van der Waals surface area contributed by atoms with Crippen LogP contribution in [0.2, 0.25) is 0 Å². The predicted octanol–water partition coefficient (Wildman–Crippen LogP) is 3.84. The lowest BCUT2D eigenvalue weighted by Gasteiger charge is -2.25. The van der Waals surface area contributed by atoms with E-state index >= 15 is 0 Å². The molecule has 2 unspecified atom stereocenters. The molecule has 0 aliphatic carbocycles. The Bertz CT molecular complexity index is 490. The molecule has 6 heteroatoms. The molecule has 1 amide bonds. The van der Waals surface area contributed by atoms with Gasteiger partial charge < -0.3 is 14.6 Å². The summed E-state index contributed by atoms with van der Waals surface area (Å²) in [5.74, 6) is -0.251. The topological polar surface area (TPSA) is 64.6 Å². The summed E-state index contributed by atoms with van der Waals surface area (Å²) in [4.78, 5) is 11.9. The Kier molecular flexibility index (Phi) is 6.93. The first-order valence-corrected chi connectivity index (χ1v) is 9.09. The van der Waals surface area contributed by atoms with E-state index < -0.39 is 19.2 Å². The van der Waals surface area contributed by atoms with Crippen molar-refractivity contribution in [3.8, 4) is 0 Å². The van der Waals surface area contributed by atoms with Crippen molar-refractivity contribution >= 4 is 13.5 Å². The molecule has 0 aliphatic rings. The lowest BCUT2D eigenvalue weighted by Crippen LogP contribution is -2.36. The summed E-state index contributed by atoms with van der Waals surface area (Å²) >= 11 is 0. The average Bonchev–Trinajstić information content (AvgIpc) is 2.45. The minimum absolute atomic E-state index is 0.183. The standard InChI is InChI=1S/C15H24NO4P/c1-12(2)10-14(21(4,18)19-3)16-15(17)20-11-13-8-6-5-7-9-13/h5-9,12,14H,10-11H2,1-4H3,(H,16,17). The molecular weight excluding hydrogens is 289 g/mol. The number of amides is 1. The summed E-state index contributed by atoms with van der Waals surface area (Å²) in [5, 5.41) is 2.66. The van der Waals surface area contributed by atoms with Crippen LogP contribution in [0.25, 0.3) is 0 Å². The maximum absolute atomic E-state index is 12.3. The number of carbonyl (C=O) groups excluding carboxylic acids is 1. The van der Waals surface area contributed by atoms with Gasteiger partial charge in [0.1, 0.15) is 12.4 Å². The third-order valence-electron chi connectivity index (χ3n) is 3.12. The van der Waals surface area contributed by atoms with Crippen LogP contribution in [0.3, 0.4) is 0 Å². The largest absolute Gasteiger partial charge is 0.445 e. The van der Waals surface area contributed by atoms with Crippen LogP contribution >= 0.6 is 7.37 Å². The van der Waals surface area contributed by atoms with E-state index in [2.05, 4.69) is 5.32 Å². The first-order valence-electron chi connectivity index (χ1n) is 6.95. The lowest BCUT2D eigenvalue weighted by atomic mass is 10.1. The number of carbonyl (C=O) groups is 1. The molecule has 0 radical (unpaired) electrons. The Morgan fingerprint density at radius 3 is 2.43 bits per heavy atom. The van der Waals surface area contributed by atoms with E-state index in [1.54, 1.807) is 0 Å². The summed E-state index contributed by atoms with van der Waals surface area (Å²) < 4.78 is 22.5. The molecule has 2 atom stereocenters. The minimum Gasteiger partial charge on any atom is -0.445 e. The van der Waals surface area contributed by atoms with Gasteiger partial charge in [-0.3, -0.25) is 4.57 Å². The molecule has 21 heavy (non-hydrogen) atoms. The van der Waals surface area contributed by atoms with E-state index in [1.807, 2.05) is 44.2 Å². The quantitative estimate of drug-likeness (QED) is 0.777. The Morgan fingerprint density at radius 1 is 1.29 bits per heavy atom. The predicted molar refractivity (Wildman–Crippen MR) is 83.5 cm³/mol. The van der Waals surface area contributed by atoms with Gasteiger partial charge in [-0.25, -0.2) is 4.79 Å². The summed E-state index contributed by atoms with van der Waals surface area (Å²) in [5.41, 5.74) is 0.902. The monoisotopic (exact) mass is 313 g/mol. The van der Waals surface area contributed by atoms with Gasteiger partial charge >= 0.3 is 6.09 Å². The zero-order valence-electron chi connectivity index (χ0n) is 13.0. The molecule has 118 valence electrons. The highest BCUT2D eigenvalue weighted by Gasteiger charge is 2.30. The Hall–Kier alpha value is -1.32. The van der Waals surface area contributed by atoms with Crippen molar-refractivity contribution in [2.24, 2.45) is 5.92 Å². The summed E-state index contributed by atoms with van der Waals surface area (Å²) in [6, 6.07) is 9.40. The summed E-state index contributed by atoms with van der Waals surface area (Å²) in [6.45, 7) is 5.71. The van der Waals surface area contributed by atoms with Crippen LogP contribution in [-0.4, -0.2) is 25.7 Å². The minimum atomic E-state index is -2.90. The zero-order valence-corrected chi connectivity index (χ0v) is 13.9. The van der Waals surface area contributed by atoms with Crippen LogP contribution in [0.1, 0.15) is 25.8 Å². The van der Waals surface area contributed by atoms with Crippen molar-refractivity contribution in [2.45, 2.75) is 32.7 Å². The van der Waals surface area contributed by atoms with E-state index in [1.165, 1.54) is 13.8 Å². The van der Waals surface area contributed by atoms with Gasteiger partial charge in [0.15, 0.2) is 0 Å². The van der Waals surface area contributed by atoms with E-state index in [0.717, 1.165) is 5.56 Å². The number of hydrogen-bond acceptors (Lipinski definition) is 4. The van der Waals surface area contributed by atoms with Gasteiger partial charge in [-0.1, -0.05) is 44.2 Å². The number of rotatable bonds is 7. The third-order valence-corrected chi connectivity index (χ3v) is 5.32. The highest BCUT2D eigenvalue weighted by molar-refractivity contribution is 7.58. The smallest absolute Gasteiger partial charge is 0.408 e. The van der Waals surface area contributed by atoms with Gasteiger partial charge in [0.2, 0.25) is 7.37 Å². The molecule has 5 nitrogen and oxygen atoms in total. The van der Waals surface area contributed by atoms with Crippen molar-refractivity contribution in [3.05, 3.63) is 35.9 Å². The fraction of sp³-hybridized carbons (Fsp3) is 0.533.